The van der Waals surface area contributed by atoms with Crippen molar-refractivity contribution in [2.45, 2.75) is 26.4 Å². The van der Waals surface area contributed by atoms with Crippen LogP contribution in [0.1, 0.15) is 20.8 Å². The molecule has 0 saturated heterocycles. The molecule has 1 amide bonds. The van der Waals surface area contributed by atoms with E-state index in [9.17, 15) is 17.6 Å². The van der Waals surface area contributed by atoms with Gasteiger partial charge in [-0.15, -0.1) is 0 Å². The maximum atomic E-state index is 12.4. The number of hydrogen-bond acceptors (Lipinski definition) is 5. The average Bonchev–Trinajstić information content (AvgIpc) is 2.13. The highest BCUT2D eigenvalue weighted by molar-refractivity contribution is 7.85. The third kappa shape index (κ3) is 10.0. The molecule has 0 aliphatic carbocycles. The summed E-state index contributed by atoms with van der Waals surface area (Å²) in [6.45, 7) is 4.41. The van der Waals surface area contributed by atoms with Gasteiger partial charge in [0.15, 0.2) is 0 Å². The van der Waals surface area contributed by atoms with Crippen LogP contribution in [0.4, 0.5) is 9.18 Å². The van der Waals surface area contributed by atoms with Crippen molar-refractivity contribution in [3.63, 3.8) is 0 Å². The number of halogens is 1. The zero-order valence-corrected chi connectivity index (χ0v) is 11.6. The number of ether oxygens (including phenoxy) is 1. The second-order valence-electron chi connectivity index (χ2n) is 4.59. The monoisotopic (exact) mass is 283 g/mol. The van der Waals surface area contributed by atoms with Crippen LogP contribution < -0.4 is 5.32 Å². The lowest BCUT2D eigenvalue weighted by Crippen LogP contribution is -2.34. The Balaban J connectivity index is 4.14. The molecule has 0 fully saturated rings. The highest BCUT2D eigenvalue weighted by Gasteiger charge is 2.16. The van der Waals surface area contributed by atoms with Crippen molar-refractivity contribution in [2.24, 2.45) is 0 Å². The van der Waals surface area contributed by atoms with Gasteiger partial charge in [-0.05, 0) is 20.8 Å². The molecular weight excluding hydrogens is 265 g/mol. The first kappa shape index (κ1) is 16.9. The first-order chi connectivity index (χ1) is 8.03. The smallest absolute Gasteiger partial charge is 0.407 e. The molecule has 0 spiro atoms. The minimum atomic E-state index is -3.65. The van der Waals surface area contributed by atoms with Crippen molar-refractivity contribution in [1.82, 2.24) is 5.32 Å². The number of nitrogens with one attached hydrogen (secondary N) is 1. The van der Waals surface area contributed by atoms with Crippen LogP contribution in [0.3, 0.4) is 0 Å². The van der Waals surface area contributed by atoms with E-state index in [0.29, 0.717) is 0 Å². The van der Waals surface area contributed by atoms with E-state index < -0.39 is 28.4 Å². The Kier molecular flexibility index (Phi) is 6.27. The minimum Gasteiger partial charge on any atom is -0.444 e. The summed E-state index contributed by atoms with van der Waals surface area (Å²) in [6, 6.07) is 0. The van der Waals surface area contributed by atoms with Crippen LogP contribution in [0.25, 0.3) is 0 Å². The third-order valence-corrected chi connectivity index (χ3v) is 2.02. The molecule has 0 aliphatic rings. The molecule has 0 radical (unpaired) electrons. The van der Waals surface area contributed by atoms with Gasteiger partial charge in [0.25, 0.3) is 10.1 Å². The van der Waals surface area contributed by atoms with Gasteiger partial charge in [-0.3, -0.25) is 4.18 Å². The van der Waals surface area contributed by atoms with Crippen molar-refractivity contribution >= 4 is 16.2 Å². The number of carbonyl (C=O) groups excluding carboxylic acids is 1. The van der Waals surface area contributed by atoms with Gasteiger partial charge in [0, 0.05) is 12.1 Å². The molecule has 6 nitrogen and oxygen atoms in total. The molecule has 1 N–H and O–H groups in total. The molecule has 0 aromatic heterocycles. The lowest BCUT2D eigenvalue weighted by molar-refractivity contribution is 0.0532. The summed E-state index contributed by atoms with van der Waals surface area (Å²) in [7, 11) is -3.65. The van der Waals surface area contributed by atoms with Crippen LogP contribution in [0.5, 0.6) is 0 Å². The molecule has 8 heteroatoms. The Labute approximate surface area is 106 Å². The fraction of sp³-hybridized carbons (Fsp3) is 0.700. The van der Waals surface area contributed by atoms with Crippen LogP contribution in [-0.4, -0.2) is 39.5 Å². The normalized spacial score (nSPS) is 13.3. The molecule has 0 aliphatic heterocycles. The highest BCUT2D eigenvalue weighted by atomic mass is 32.2. The van der Waals surface area contributed by atoms with E-state index >= 15 is 0 Å². The van der Waals surface area contributed by atoms with Gasteiger partial charge in [-0.1, -0.05) is 0 Å². The molecule has 0 atom stereocenters. The second-order valence-corrected chi connectivity index (χ2v) is 6.23. The zero-order valence-electron chi connectivity index (χ0n) is 10.8. The quantitative estimate of drug-likeness (QED) is 0.770. The summed E-state index contributed by atoms with van der Waals surface area (Å²) in [6.07, 6.45) is 0.313. The molecule has 0 saturated carbocycles. The number of hydrogen-bond donors (Lipinski definition) is 1. The van der Waals surface area contributed by atoms with Crippen LogP contribution in [0.15, 0.2) is 11.9 Å². The molecule has 0 aromatic carbocycles. The van der Waals surface area contributed by atoms with Crippen molar-refractivity contribution in [3.8, 4) is 0 Å². The molecular formula is C10H18FNO5S. The topological polar surface area (TPSA) is 81.7 Å². The fourth-order valence-electron chi connectivity index (χ4n) is 0.804. The summed E-state index contributed by atoms with van der Waals surface area (Å²) < 4.78 is 43.1. The van der Waals surface area contributed by atoms with Gasteiger partial charge in [-0.2, -0.15) is 8.42 Å². The Morgan fingerprint density at radius 3 is 2.33 bits per heavy atom. The van der Waals surface area contributed by atoms with Gasteiger partial charge in [-0.25, -0.2) is 9.18 Å². The van der Waals surface area contributed by atoms with Crippen LogP contribution in [0.2, 0.25) is 0 Å². The third-order valence-electron chi connectivity index (χ3n) is 1.47. The summed E-state index contributed by atoms with van der Waals surface area (Å²) in [5.74, 6) is 0. The van der Waals surface area contributed by atoms with Gasteiger partial charge < -0.3 is 10.1 Å². The second kappa shape index (κ2) is 6.69. The Bertz CT molecular complexity index is 410. The van der Waals surface area contributed by atoms with Gasteiger partial charge in [0.2, 0.25) is 0 Å². The van der Waals surface area contributed by atoms with Crippen LogP contribution >= 0.6 is 0 Å². The maximum absolute atomic E-state index is 12.4. The van der Waals surface area contributed by atoms with Gasteiger partial charge in [0.05, 0.1) is 19.2 Å². The van der Waals surface area contributed by atoms with Crippen molar-refractivity contribution in [1.29, 1.82) is 0 Å². The predicted octanol–water partition coefficient (Wildman–Crippen LogP) is 1.34. The summed E-state index contributed by atoms with van der Waals surface area (Å²) >= 11 is 0. The van der Waals surface area contributed by atoms with E-state index in [2.05, 4.69) is 9.50 Å². The molecule has 0 rings (SSSR count). The van der Waals surface area contributed by atoms with Crippen LogP contribution in [0, 0.1) is 0 Å². The van der Waals surface area contributed by atoms with E-state index in [1.54, 1.807) is 20.8 Å². The Hall–Kier alpha value is -1.15. The molecule has 18 heavy (non-hydrogen) atoms. The predicted molar refractivity (Wildman–Crippen MR) is 64.2 cm³/mol. The molecule has 0 unspecified atom stereocenters. The number of carbonyl (C=O) groups is 1. The first-order valence-corrected chi connectivity index (χ1v) is 6.94. The highest BCUT2D eigenvalue weighted by Crippen LogP contribution is 2.06. The van der Waals surface area contributed by atoms with Gasteiger partial charge in [0.1, 0.15) is 5.60 Å². The van der Waals surface area contributed by atoms with E-state index in [4.69, 9.17) is 4.74 Å². The maximum Gasteiger partial charge on any atom is 0.407 e. The minimum absolute atomic E-state index is 0.0220. The number of rotatable bonds is 5. The number of amides is 1. The Morgan fingerprint density at radius 2 is 1.94 bits per heavy atom. The largest absolute Gasteiger partial charge is 0.444 e. The van der Waals surface area contributed by atoms with E-state index in [-0.39, 0.29) is 18.4 Å². The Morgan fingerprint density at radius 1 is 1.39 bits per heavy atom. The van der Waals surface area contributed by atoms with Crippen molar-refractivity contribution in [3.05, 3.63) is 11.9 Å². The number of alkyl carbamates (subject to hydrolysis) is 1. The molecule has 0 bridgehead atoms. The van der Waals surface area contributed by atoms with E-state index in [1.165, 1.54) is 0 Å². The first-order valence-electron chi connectivity index (χ1n) is 5.13. The lowest BCUT2D eigenvalue weighted by atomic mass is 10.2. The fourth-order valence-corrected chi connectivity index (χ4v) is 1.17. The zero-order chi connectivity index (χ0) is 14.4. The molecule has 0 heterocycles. The summed E-state index contributed by atoms with van der Waals surface area (Å²) in [5, 5.41) is 2.28. The van der Waals surface area contributed by atoms with Crippen molar-refractivity contribution in [2.75, 3.05) is 19.4 Å². The van der Waals surface area contributed by atoms with Crippen molar-refractivity contribution < 1.29 is 26.5 Å². The van der Waals surface area contributed by atoms with E-state index in [0.717, 1.165) is 6.26 Å². The summed E-state index contributed by atoms with van der Waals surface area (Å²) in [5.41, 5.74) is -0.682. The standard InChI is InChI=1S/C10H18FNO5S/c1-10(2,3)17-9(13)12-6-8(5-11)7-16-18(4,14)15/h5H,6-7H2,1-4H3,(H,12,13). The lowest BCUT2D eigenvalue weighted by Gasteiger charge is -2.19. The van der Waals surface area contributed by atoms with Crippen LogP contribution in [-0.2, 0) is 19.0 Å². The SMILES string of the molecule is CC(C)(C)OC(=O)NCC(=CF)COS(C)(=O)=O. The average molecular weight is 283 g/mol. The molecule has 0 aromatic rings. The van der Waals surface area contributed by atoms with Gasteiger partial charge >= 0.3 is 6.09 Å². The van der Waals surface area contributed by atoms with E-state index in [1.807, 2.05) is 0 Å². The summed E-state index contributed by atoms with van der Waals surface area (Å²) in [4.78, 5) is 11.2. The molecule has 106 valence electrons.